The van der Waals surface area contributed by atoms with Crippen molar-refractivity contribution >= 4 is 51.8 Å². The number of amides is 1. The predicted octanol–water partition coefficient (Wildman–Crippen LogP) is 3.69. The number of methoxy groups -OCH3 is 1. The second-order valence-electron chi connectivity index (χ2n) is 5.98. The molecule has 1 amide bonds. The van der Waals surface area contributed by atoms with Crippen LogP contribution in [0.3, 0.4) is 0 Å². The van der Waals surface area contributed by atoms with Crippen molar-refractivity contribution in [1.82, 2.24) is 4.90 Å². The lowest BCUT2D eigenvalue weighted by Crippen LogP contribution is -2.48. The number of hydrogen-bond donors (Lipinski definition) is 0. The number of ether oxygens (including phenoxy) is 1. The lowest BCUT2D eigenvalue weighted by atomic mass is 10.1. The van der Waals surface area contributed by atoms with Crippen molar-refractivity contribution in [2.75, 3.05) is 38.2 Å². The topological polar surface area (TPSA) is 49.9 Å². The summed E-state index contributed by atoms with van der Waals surface area (Å²) in [6.07, 6.45) is 0. The Bertz CT molecular complexity index is 818. The van der Waals surface area contributed by atoms with Gasteiger partial charge in [0.2, 0.25) is 0 Å². The van der Waals surface area contributed by atoms with Crippen LogP contribution in [0.4, 0.5) is 5.69 Å². The van der Waals surface area contributed by atoms with Gasteiger partial charge < -0.3 is 14.5 Å². The molecule has 7 heteroatoms. The van der Waals surface area contributed by atoms with Crippen molar-refractivity contribution in [3.63, 3.8) is 0 Å². The molecule has 2 aromatic carbocycles. The fourth-order valence-corrected chi connectivity index (χ4v) is 3.75. The van der Waals surface area contributed by atoms with Crippen molar-refractivity contribution in [1.29, 1.82) is 0 Å². The largest absolute Gasteiger partial charge is 0.465 e. The number of hydrogen-bond acceptors (Lipinski definition) is 4. The van der Waals surface area contributed by atoms with E-state index in [1.807, 2.05) is 29.2 Å². The van der Waals surface area contributed by atoms with Crippen molar-refractivity contribution < 1.29 is 14.3 Å². The second-order valence-corrected chi connectivity index (χ2v) is 7.66. The Morgan fingerprint density at radius 2 is 1.62 bits per heavy atom. The van der Waals surface area contributed by atoms with Gasteiger partial charge in [-0.3, -0.25) is 4.79 Å². The first kappa shape index (κ1) is 19.0. The number of benzene rings is 2. The first-order valence-electron chi connectivity index (χ1n) is 8.16. The molecule has 2 aromatic rings. The van der Waals surface area contributed by atoms with Crippen LogP contribution in [0, 0.1) is 3.57 Å². The number of carbonyl (C=O) groups excluding carboxylic acids is 2. The summed E-state index contributed by atoms with van der Waals surface area (Å²) >= 11 is 8.04. The number of halogens is 2. The normalized spacial score (nSPS) is 14.3. The van der Waals surface area contributed by atoms with Gasteiger partial charge in [0.05, 0.1) is 12.7 Å². The first-order chi connectivity index (χ1) is 12.5. The van der Waals surface area contributed by atoms with E-state index in [0.29, 0.717) is 29.2 Å². The molecule has 26 heavy (non-hydrogen) atoms. The molecule has 0 radical (unpaired) electrons. The molecular weight excluding hydrogens is 467 g/mol. The Labute approximate surface area is 171 Å². The average molecular weight is 485 g/mol. The SMILES string of the molecule is COC(=O)c1cc(I)cc(C(=O)N2CCN(c3ccc(Cl)cc3)CC2)c1. The molecule has 3 rings (SSSR count). The molecular formula is C19H18ClIN2O3. The van der Waals surface area contributed by atoms with Gasteiger partial charge in [0.15, 0.2) is 0 Å². The molecule has 5 nitrogen and oxygen atoms in total. The molecule has 0 aromatic heterocycles. The summed E-state index contributed by atoms with van der Waals surface area (Å²) in [4.78, 5) is 28.7. The minimum atomic E-state index is -0.440. The highest BCUT2D eigenvalue weighted by molar-refractivity contribution is 14.1. The van der Waals surface area contributed by atoms with Crippen LogP contribution in [-0.4, -0.2) is 50.1 Å². The third-order valence-corrected chi connectivity index (χ3v) is 5.20. The molecule has 0 bridgehead atoms. The highest BCUT2D eigenvalue weighted by Crippen LogP contribution is 2.21. The third kappa shape index (κ3) is 4.29. The van der Waals surface area contributed by atoms with Crippen LogP contribution in [-0.2, 0) is 4.74 Å². The van der Waals surface area contributed by atoms with Crippen LogP contribution >= 0.6 is 34.2 Å². The van der Waals surface area contributed by atoms with Gasteiger partial charge in [-0.1, -0.05) is 11.6 Å². The molecule has 0 unspecified atom stereocenters. The van der Waals surface area contributed by atoms with Crippen LogP contribution in [0.5, 0.6) is 0 Å². The summed E-state index contributed by atoms with van der Waals surface area (Å²) in [5.41, 5.74) is 2.00. The van der Waals surface area contributed by atoms with Crippen molar-refractivity contribution in [3.8, 4) is 0 Å². The Morgan fingerprint density at radius 3 is 2.23 bits per heavy atom. The van der Waals surface area contributed by atoms with E-state index in [4.69, 9.17) is 16.3 Å². The van der Waals surface area contributed by atoms with Gasteiger partial charge in [-0.05, 0) is 65.1 Å². The molecule has 0 spiro atoms. The molecule has 0 atom stereocenters. The number of anilines is 1. The smallest absolute Gasteiger partial charge is 0.337 e. The van der Waals surface area contributed by atoms with Gasteiger partial charge in [0.1, 0.15) is 0 Å². The Morgan fingerprint density at radius 1 is 1.00 bits per heavy atom. The van der Waals surface area contributed by atoms with E-state index < -0.39 is 5.97 Å². The highest BCUT2D eigenvalue weighted by Gasteiger charge is 2.23. The van der Waals surface area contributed by atoms with Crippen LogP contribution in [0.25, 0.3) is 0 Å². The van der Waals surface area contributed by atoms with Gasteiger partial charge in [0, 0.05) is 46.0 Å². The molecule has 1 saturated heterocycles. The maximum atomic E-state index is 12.8. The average Bonchev–Trinajstić information content (AvgIpc) is 2.67. The molecule has 136 valence electrons. The molecule has 1 heterocycles. The molecule has 1 fully saturated rings. The third-order valence-electron chi connectivity index (χ3n) is 4.32. The Kier molecular flexibility index (Phi) is 6.03. The fourth-order valence-electron chi connectivity index (χ4n) is 2.95. The summed E-state index contributed by atoms with van der Waals surface area (Å²) in [5, 5.41) is 0.711. The Balaban J connectivity index is 1.69. The Hall–Kier alpha value is -1.80. The van der Waals surface area contributed by atoms with Gasteiger partial charge in [-0.25, -0.2) is 4.79 Å². The number of carbonyl (C=O) groups is 2. The number of nitrogens with zero attached hydrogens (tertiary/aromatic N) is 2. The summed E-state index contributed by atoms with van der Waals surface area (Å²) < 4.78 is 5.59. The van der Waals surface area contributed by atoms with Crippen LogP contribution in [0.15, 0.2) is 42.5 Å². The van der Waals surface area contributed by atoms with E-state index in [1.165, 1.54) is 7.11 Å². The summed E-state index contributed by atoms with van der Waals surface area (Å²) in [6, 6.07) is 12.8. The summed E-state index contributed by atoms with van der Waals surface area (Å²) in [5.74, 6) is -0.505. The van der Waals surface area contributed by atoms with Crippen molar-refractivity contribution in [2.24, 2.45) is 0 Å². The van der Waals surface area contributed by atoms with E-state index in [1.54, 1.807) is 18.2 Å². The number of esters is 1. The van der Waals surface area contributed by atoms with E-state index in [0.717, 1.165) is 22.3 Å². The van der Waals surface area contributed by atoms with E-state index in [9.17, 15) is 9.59 Å². The van der Waals surface area contributed by atoms with Crippen molar-refractivity contribution in [3.05, 3.63) is 62.2 Å². The zero-order valence-electron chi connectivity index (χ0n) is 14.2. The lowest BCUT2D eigenvalue weighted by molar-refractivity contribution is 0.0600. The maximum Gasteiger partial charge on any atom is 0.337 e. The summed E-state index contributed by atoms with van der Waals surface area (Å²) in [7, 11) is 1.33. The first-order valence-corrected chi connectivity index (χ1v) is 9.62. The minimum absolute atomic E-state index is 0.0653. The molecule has 0 saturated carbocycles. The van der Waals surface area contributed by atoms with Gasteiger partial charge in [-0.2, -0.15) is 0 Å². The highest BCUT2D eigenvalue weighted by atomic mass is 127. The van der Waals surface area contributed by atoms with E-state index >= 15 is 0 Å². The van der Waals surface area contributed by atoms with Crippen LogP contribution < -0.4 is 4.90 Å². The van der Waals surface area contributed by atoms with Crippen LogP contribution in [0.1, 0.15) is 20.7 Å². The van der Waals surface area contributed by atoms with Crippen molar-refractivity contribution in [2.45, 2.75) is 0 Å². The maximum absolute atomic E-state index is 12.8. The second kappa shape index (κ2) is 8.26. The molecule has 0 N–H and O–H groups in total. The van der Waals surface area contributed by atoms with Gasteiger partial charge in [-0.15, -0.1) is 0 Å². The van der Waals surface area contributed by atoms with Gasteiger partial charge in [0.25, 0.3) is 5.91 Å². The molecule has 0 aliphatic carbocycles. The van der Waals surface area contributed by atoms with E-state index in [-0.39, 0.29) is 5.91 Å². The minimum Gasteiger partial charge on any atom is -0.465 e. The zero-order chi connectivity index (χ0) is 18.7. The zero-order valence-corrected chi connectivity index (χ0v) is 17.2. The number of rotatable bonds is 3. The quantitative estimate of drug-likeness (QED) is 0.493. The van der Waals surface area contributed by atoms with E-state index in [2.05, 4.69) is 27.5 Å². The lowest BCUT2D eigenvalue weighted by Gasteiger charge is -2.36. The van der Waals surface area contributed by atoms with Gasteiger partial charge >= 0.3 is 5.97 Å². The monoisotopic (exact) mass is 484 g/mol. The molecule has 1 aliphatic heterocycles. The summed E-state index contributed by atoms with van der Waals surface area (Å²) in [6.45, 7) is 2.75. The number of piperazine rings is 1. The van der Waals surface area contributed by atoms with Crippen LogP contribution in [0.2, 0.25) is 5.02 Å². The predicted molar refractivity (Wildman–Crippen MR) is 110 cm³/mol. The standard InChI is InChI=1S/C19H18ClIN2O3/c1-26-19(25)14-10-13(11-16(21)12-14)18(24)23-8-6-22(7-9-23)17-4-2-15(20)3-5-17/h2-5,10-12H,6-9H2,1H3. The fraction of sp³-hybridized carbons (Fsp3) is 0.263. The molecule has 1 aliphatic rings.